The number of fused-ring (bicyclic) bond motifs is 1. The number of anilines is 1. The zero-order valence-corrected chi connectivity index (χ0v) is 16.0. The van der Waals surface area contributed by atoms with Crippen molar-refractivity contribution in [3.63, 3.8) is 0 Å². The number of aromatic nitrogens is 3. The standard InChI is InChI=1S/C18H20BrN5O/c1-12-7-8-15(14(19)10-12)20-18(25)13(2)23(3)11-17-22-21-16-6-4-5-9-24(16)17/h4-10,13H,11H2,1-3H3,(H,20,25)/t13-/m0/s1. The van der Waals surface area contributed by atoms with Crippen molar-refractivity contribution in [1.82, 2.24) is 19.5 Å². The number of nitrogens with one attached hydrogen (secondary N) is 1. The van der Waals surface area contributed by atoms with E-state index in [1.165, 1.54) is 0 Å². The molecule has 7 heteroatoms. The molecule has 0 saturated heterocycles. The average Bonchev–Trinajstić information content (AvgIpc) is 2.99. The van der Waals surface area contributed by atoms with E-state index in [9.17, 15) is 4.79 Å². The number of pyridine rings is 1. The summed E-state index contributed by atoms with van der Waals surface area (Å²) >= 11 is 3.49. The smallest absolute Gasteiger partial charge is 0.241 e. The van der Waals surface area contributed by atoms with Crippen LogP contribution in [0.5, 0.6) is 0 Å². The molecule has 0 bridgehead atoms. The fraction of sp³-hybridized carbons (Fsp3) is 0.278. The van der Waals surface area contributed by atoms with Gasteiger partial charge in [-0.15, -0.1) is 10.2 Å². The van der Waals surface area contributed by atoms with Gasteiger partial charge in [-0.3, -0.25) is 14.1 Å². The van der Waals surface area contributed by atoms with Gasteiger partial charge in [-0.25, -0.2) is 0 Å². The van der Waals surface area contributed by atoms with E-state index in [2.05, 4.69) is 31.4 Å². The van der Waals surface area contributed by atoms with Crippen molar-refractivity contribution < 1.29 is 4.79 Å². The quantitative estimate of drug-likeness (QED) is 0.712. The van der Waals surface area contributed by atoms with Gasteiger partial charge in [-0.1, -0.05) is 12.1 Å². The van der Waals surface area contributed by atoms with E-state index in [1.807, 2.05) is 72.8 Å². The maximum Gasteiger partial charge on any atom is 0.241 e. The van der Waals surface area contributed by atoms with E-state index in [0.717, 1.165) is 27.2 Å². The Labute approximate surface area is 155 Å². The molecule has 0 aliphatic rings. The molecule has 25 heavy (non-hydrogen) atoms. The summed E-state index contributed by atoms with van der Waals surface area (Å²) in [4.78, 5) is 14.5. The minimum Gasteiger partial charge on any atom is -0.324 e. The highest BCUT2D eigenvalue weighted by molar-refractivity contribution is 9.10. The van der Waals surface area contributed by atoms with Crippen LogP contribution in [0.15, 0.2) is 47.1 Å². The highest BCUT2D eigenvalue weighted by atomic mass is 79.9. The molecule has 3 rings (SSSR count). The number of nitrogens with zero attached hydrogens (tertiary/aromatic N) is 4. The molecule has 3 aromatic rings. The van der Waals surface area contributed by atoms with Crippen LogP contribution < -0.4 is 5.32 Å². The molecule has 1 N–H and O–H groups in total. The van der Waals surface area contributed by atoms with Crippen LogP contribution in [-0.4, -0.2) is 38.5 Å². The van der Waals surface area contributed by atoms with Crippen molar-refractivity contribution >= 4 is 33.2 Å². The summed E-state index contributed by atoms with van der Waals surface area (Å²) in [5, 5.41) is 11.3. The largest absolute Gasteiger partial charge is 0.324 e. The predicted molar refractivity (Wildman–Crippen MR) is 101 cm³/mol. The van der Waals surface area contributed by atoms with Crippen molar-refractivity contribution in [2.45, 2.75) is 26.4 Å². The maximum atomic E-state index is 12.6. The summed E-state index contributed by atoms with van der Waals surface area (Å²) in [6.07, 6.45) is 1.92. The van der Waals surface area contributed by atoms with Gasteiger partial charge in [0, 0.05) is 10.7 Å². The monoisotopic (exact) mass is 401 g/mol. The van der Waals surface area contributed by atoms with Gasteiger partial charge in [0.15, 0.2) is 11.5 Å². The fourth-order valence-electron chi connectivity index (χ4n) is 2.52. The van der Waals surface area contributed by atoms with Gasteiger partial charge in [-0.05, 0) is 66.7 Å². The van der Waals surface area contributed by atoms with Crippen LogP contribution in [0.3, 0.4) is 0 Å². The molecule has 0 aliphatic heterocycles. The number of benzene rings is 1. The molecule has 2 aromatic heterocycles. The molecule has 6 nitrogen and oxygen atoms in total. The first-order valence-corrected chi connectivity index (χ1v) is 8.81. The van der Waals surface area contributed by atoms with Gasteiger partial charge >= 0.3 is 0 Å². The Hall–Kier alpha value is -2.25. The summed E-state index contributed by atoms with van der Waals surface area (Å²) in [5.41, 5.74) is 2.70. The van der Waals surface area contributed by atoms with Crippen LogP contribution in [0.1, 0.15) is 18.3 Å². The Morgan fingerprint density at radius 3 is 2.88 bits per heavy atom. The minimum absolute atomic E-state index is 0.0686. The first kappa shape index (κ1) is 17.6. The number of hydrogen-bond acceptors (Lipinski definition) is 4. The molecule has 0 spiro atoms. The van der Waals surface area contributed by atoms with Gasteiger partial charge < -0.3 is 5.32 Å². The SMILES string of the molecule is Cc1ccc(NC(=O)[C@H](C)N(C)Cc2nnc3ccccn23)c(Br)c1. The lowest BCUT2D eigenvalue weighted by Gasteiger charge is -2.23. The summed E-state index contributed by atoms with van der Waals surface area (Å²) in [6, 6.07) is 11.3. The zero-order valence-electron chi connectivity index (χ0n) is 14.4. The lowest BCUT2D eigenvalue weighted by Crippen LogP contribution is -2.39. The number of rotatable bonds is 5. The van der Waals surface area contributed by atoms with Crippen molar-refractivity contribution in [2.75, 3.05) is 12.4 Å². The van der Waals surface area contributed by atoms with Crippen molar-refractivity contribution in [1.29, 1.82) is 0 Å². The van der Waals surface area contributed by atoms with Gasteiger partial charge in [0.25, 0.3) is 0 Å². The van der Waals surface area contributed by atoms with E-state index in [-0.39, 0.29) is 11.9 Å². The van der Waals surface area contributed by atoms with Gasteiger partial charge in [-0.2, -0.15) is 0 Å². The van der Waals surface area contributed by atoms with Crippen LogP contribution in [0.2, 0.25) is 0 Å². The summed E-state index contributed by atoms with van der Waals surface area (Å²) < 4.78 is 2.80. The second-order valence-electron chi connectivity index (χ2n) is 6.11. The molecule has 2 heterocycles. The zero-order chi connectivity index (χ0) is 18.0. The Morgan fingerprint density at radius 1 is 1.32 bits per heavy atom. The van der Waals surface area contributed by atoms with Gasteiger partial charge in [0.2, 0.25) is 5.91 Å². The second-order valence-corrected chi connectivity index (χ2v) is 6.96. The normalized spacial score (nSPS) is 12.5. The Kier molecular flexibility index (Phi) is 5.15. The summed E-state index contributed by atoms with van der Waals surface area (Å²) in [5.74, 6) is 0.732. The predicted octanol–water partition coefficient (Wildman–Crippen LogP) is 3.26. The lowest BCUT2D eigenvalue weighted by atomic mass is 10.2. The third-order valence-electron chi connectivity index (χ3n) is 4.20. The third-order valence-corrected chi connectivity index (χ3v) is 4.85. The van der Waals surface area contributed by atoms with Crippen molar-refractivity contribution in [3.8, 4) is 0 Å². The van der Waals surface area contributed by atoms with E-state index in [4.69, 9.17) is 0 Å². The fourth-order valence-corrected chi connectivity index (χ4v) is 3.11. The summed E-state index contributed by atoms with van der Waals surface area (Å²) in [7, 11) is 1.90. The number of halogens is 1. The number of carbonyl (C=O) groups is 1. The van der Waals surface area contributed by atoms with Gasteiger partial charge in [0.1, 0.15) is 0 Å². The molecule has 1 amide bonds. The molecule has 1 aromatic carbocycles. The first-order valence-electron chi connectivity index (χ1n) is 8.01. The Bertz CT molecular complexity index is 907. The van der Waals surface area contributed by atoms with Crippen LogP contribution >= 0.6 is 15.9 Å². The highest BCUT2D eigenvalue weighted by Crippen LogP contribution is 2.23. The second kappa shape index (κ2) is 7.33. The lowest BCUT2D eigenvalue weighted by molar-refractivity contribution is -0.120. The first-order chi connectivity index (χ1) is 12.0. The van der Waals surface area contributed by atoms with E-state index < -0.39 is 0 Å². The molecule has 0 fully saturated rings. The van der Waals surface area contributed by atoms with E-state index in [1.54, 1.807) is 0 Å². The molecule has 0 radical (unpaired) electrons. The molecule has 0 unspecified atom stereocenters. The maximum absolute atomic E-state index is 12.6. The molecular formula is C18H20BrN5O. The van der Waals surface area contributed by atoms with Crippen LogP contribution in [0.25, 0.3) is 5.65 Å². The molecule has 130 valence electrons. The number of likely N-dealkylation sites (N-methyl/N-ethyl adjacent to an activating group) is 1. The molecule has 0 aliphatic carbocycles. The van der Waals surface area contributed by atoms with Crippen LogP contribution in [0.4, 0.5) is 5.69 Å². The number of amides is 1. The van der Waals surface area contributed by atoms with E-state index in [0.29, 0.717) is 6.54 Å². The Balaban J connectivity index is 1.69. The molecular weight excluding hydrogens is 382 g/mol. The van der Waals surface area contributed by atoms with E-state index >= 15 is 0 Å². The number of aryl methyl sites for hydroxylation is 1. The average molecular weight is 402 g/mol. The number of hydrogen-bond donors (Lipinski definition) is 1. The minimum atomic E-state index is -0.315. The molecule has 0 saturated carbocycles. The molecule has 1 atom stereocenters. The Morgan fingerprint density at radius 2 is 2.12 bits per heavy atom. The number of carbonyl (C=O) groups excluding carboxylic acids is 1. The van der Waals surface area contributed by atoms with Crippen LogP contribution in [0, 0.1) is 6.92 Å². The van der Waals surface area contributed by atoms with Crippen LogP contribution in [-0.2, 0) is 11.3 Å². The third kappa shape index (κ3) is 3.88. The van der Waals surface area contributed by atoms with Crippen molar-refractivity contribution in [3.05, 3.63) is 58.5 Å². The highest BCUT2D eigenvalue weighted by Gasteiger charge is 2.20. The van der Waals surface area contributed by atoms with Gasteiger partial charge in [0.05, 0.1) is 18.3 Å². The topological polar surface area (TPSA) is 62.5 Å². The van der Waals surface area contributed by atoms with Crippen molar-refractivity contribution in [2.24, 2.45) is 0 Å². The summed E-state index contributed by atoms with van der Waals surface area (Å²) in [6.45, 7) is 4.41.